The molecule has 2 atom stereocenters. The average Bonchev–Trinajstić information content (AvgIpc) is 2.20. The SMILES string of the molecule is CCOc1ccc(C2NCC2C)cc1Cl. The van der Waals surface area contributed by atoms with Gasteiger partial charge in [0.15, 0.2) is 0 Å². The molecule has 1 aliphatic rings. The number of rotatable bonds is 3. The molecule has 1 aromatic carbocycles. The molecule has 2 rings (SSSR count). The molecule has 2 nitrogen and oxygen atoms in total. The van der Waals surface area contributed by atoms with E-state index in [9.17, 15) is 0 Å². The molecule has 0 aromatic heterocycles. The first-order valence-electron chi connectivity index (χ1n) is 5.38. The van der Waals surface area contributed by atoms with Crippen LogP contribution in [0.15, 0.2) is 18.2 Å². The van der Waals surface area contributed by atoms with E-state index in [-0.39, 0.29) is 0 Å². The Morgan fingerprint density at radius 2 is 2.33 bits per heavy atom. The zero-order valence-electron chi connectivity index (χ0n) is 9.09. The maximum Gasteiger partial charge on any atom is 0.137 e. The van der Waals surface area contributed by atoms with Crippen molar-refractivity contribution in [3.05, 3.63) is 28.8 Å². The maximum absolute atomic E-state index is 6.13. The number of nitrogens with one attached hydrogen (secondary N) is 1. The Kier molecular flexibility index (Phi) is 3.17. The van der Waals surface area contributed by atoms with Crippen LogP contribution in [-0.4, -0.2) is 13.2 Å². The van der Waals surface area contributed by atoms with Crippen LogP contribution >= 0.6 is 11.6 Å². The van der Waals surface area contributed by atoms with Crippen molar-refractivity contribution in [1.29, 1.82) is 0 Å². The standard InChI is InChI=1S/C12H16ClNO/c1-3-15-11-5-4-9(6-10(11)13)12-8(2)7-14-12/h4-6,8,12,14H,3,7H2,1-2H3. The number of benzene rings is 1. The lowest BCUT2D eigenvalue weighted by atomic mass is 9.88. The predicted octanol–water partition coefficient (Wildman–Crippen LogP) is 3.02. The summed E-state index contributed by atoms with van der Waals surface area (Å²) in [5, 5.41) is 4.09. The van der Waals surface area contributed by atoms with Crippen molar-refractivity contribution < 1.29 is 4.74 Å². The van der Waals surface area contributed by atoms with E-state index in [1.165, 1.54) is 5.56 Å². The van der Waals surface area contributed by atoms with E-state index in [2.05, 4.69) is 18.3 Å². The van der Waals surface area contributed by atoms with Gasteiger partial charge in [0.1, 0.15) is 5.75 Å². The summed E-state index contributed by atoms with van der Waals surface area (Å²) >= 11 is 6.13. The highest BCUT2D eigenvalue weighted by molar-refractivity contribution is 6.32. The Morgan fingerprint density at radius 3 is 2.80 bits per heavy atom. The van der Waals surface area contributed by atoms with Crippen LogP contribution in [0.4, 0.5) is 0 Å². The zero-order chi connectivity index (χ0) is 10.8. The highest BCUT2D eigenvalue weighted by Crippen LogP contribution is 2.33. The van der Waals surface area contributed by atoms with Crippen LogP contribution in [-0.2, 0) is 0 Å². The number of halogens is 1. The first kappa shape index (κ1) is 10.8. The molecule has 0 radical (unpaired) electrons. The van der Waals surface area contributed by atoms with E-state index in [1.54, 1.807) is 0 Å². The molecule has 1 saturated heterocycles. The van der Waals surface area contributed by atoms with Gasteiger partial charge in [-0.1, -0.05) is 24.6 Å². The van der Waals surface area contributed by atoms with Crippen molar-refractivity contribution in [3.63, 3.8) is 0 Å². The lowest BCUT2D eigenvalue weighted by molar-refractivity contribution is 0.258. The minimum atomic E-state index is 0.457. The van der Waals surface area contributed by atoms with E-state index in [4.69, 9.17) is 16.3 Å². The Labute approximate surface area is 95.6 Å². The van der Waals surface area contributed by atoms with Crippen LogP contribution in [0.25, 0.3) is 0 Å². The molecular formula is C12H16ClNO. The fourth-order valence-electron chi connectivity index (χ4n) is 1.90. The van der Waals surface area contributed by atoms with E-state index in [0.29, 0.717) is 23.6 Å². The summed E-state index contributed by atoms with van der Waals surface area (Å²) in [5.41, 5.74) is 1.25. The van der Waals surface area contributed by atoms with Gasteiger partial charge in [0.05, 0.1) is 11.6 Å². The topological polar surface area (TPSA) is 21.3 Å². The molecule has 15 heavy (non-hydrogen) atoms. The van der Waals surface area contributed by atoms with Crippen LogP contribution < -0.4 is 10.1 Å². The molecule has 1 N–H and O–H groups in total. The molecule has 1 fully saturated rings. The number of ether oxygens (including phenoxy) is 1. The molecule has 82 valence electrons. The minimum Gasteiger partial charge on any atom is -0.492 e. The van der Waals surface area contributed by atoms with E-state index < -0.39 is 0 Å². The fourth-order valence-corrected chi connectivity index (χ4v) is 2.14. The molecule has 1 aliphatic heterocycles. The van der Waals surface area contributed by atoms with Gasteiger partial charge in [-0.05, 0) is 30.5 Å². The molecule has 0 saturated carbocycles. The first-order chi connectivity index (χ1) is 7.22. The highest BCUT2D eigenvalue weighted by Gasteiger charge is 2.27. The molecule has 0 bridgehead atoms. The average molecular weight is 226 g/mol. The van der Waals surface area contributed by atoms with Crippen LogP contribution in [0.2, 0.25) is 5.02 Å². The molecule has 1 aromatic rings. The normalized spacial score (nSPS) is 24.7. The first-order valence-corrected chi connectivity index (χ1v) is 5.75. The Hall–Kier alpha value is -0.730. The Bertz CT molecular complexity index is 353. The van der Waals surface area contributed by atoms with Crippen LogP contribution in [0, 0.1) is 5.92 Å². The van der Waals surface area contributed by atoms with E-state index in [0.717, 1.165) is 12.3 Å². The number of hydrogen-bond donors (Lipinski definition) is 1. The van der Waals surface area contributed by atoms with Crippen LogP contribution in [0.5, 0.6) is 5.75 Å². The van der Waals surface area contributed by atoms with Gasteiger partial charge in [-0.2, -0.15) is 0 Å². The summed E-state index contributed by atoms with van der Waals surface area (Å²) < 4.78 is 5.40. The van der Waals surface area contributed by atoms with Crippen molar-refractivity contribution >= 4 is 11.6 Å². The van der Waals surface area contributed by atoms with E-state index in [1.807, 2.05) is 19.1 Å². The summed E-state index contributed by atoms with van der Waals surface area (Å²) in [6, 6.07) is 6.50. The second-order valence-corrected chi connectivity index (χ2v) is 4.39. The highest BCUT2D eigenvalue weighted by atomic mass is 35.5. The summed E-state index contributed by atoms with van der Waals surface area (Å²) in [6.07, 6.45) is 0. The zero-order valence-corrected chi connectivity index (χ0v) is 9.84. The summed E-state index contributed by atoms with van der Waals surface area (Å²) in [4.78, 5) is 0. The molecule has 1 heterocycles. The van der Waals surface area contributed by atoms with Crippen molar-refractivity contribution in [1.82, 2.24) is 5.32 Å². The van der Waals surface area contributed by atoms with Gasteiger partial charge < -0.3 is 10.1 Å². The molecule has 3 heteroatoms. The fraction of sp³-hybridized carbons (Fsp3) is 0.500. The lowest BCUT2D eigenvalue weighted by Gasteiger charge is -2.36. The quantitative estimate of drug-likeness (QED) is 0.854. The van der Waals surface area contributed by atoms with Gasteiger partial charge in [0, 0.05) is 12.6 Å². The van der Waals surface area contributed by atoms with Crippen molar-refractivity contribution in [2.75, 3.05) is 13.2 Å². The molecule has 2 unspecified atom stereocenters. The van der Waals surface area contributed by atoms with Crippen molar-refractivity contribution in [2.45, 2.75) is 19.9 Å². The molecule has 0 spiro atoms. The van der Waals surface area contributed by atoms with Gasteiger partial charge in [0.25, 0.3) is 0 Å². The van der Waals surface area contributed by atoms with Crippen molar-refractivity contribution in [3.8, 4) is 5.75 Å². The van der Waals surface area contributed by atoms with Gasteiger partial charge in [0.2, 0.25) is 0 Å². The van der Waals surface area contributed by atoms with Crippen molar-refractivity contribution in [2.24, 2.45) is 5.92 Å². The van der Waals surface area contributed by atoms with Gasteiger partial charge in [-0.15, -0.1) is 0 Å². The lowest BCUT2D eigenvalue weighted by Crippen LogP contribution is -2.43. The second-order valence-electron chi connectivity index (χ2n) is 3.99. The van der Waals surface area contributed by atoms with Gasteiger partial charge in [-0.3, -0.25) is 0 Å². The largest absolute Gasteiger partial charge is 0.492 e. The third-order valence-corrected chi connectivity index (χ3v) is 3.14. The van der Waals surface area contributed by atoms with E-state index >= 15 is 0 Å². The summed E-state index contributed by atoms with van der Waals surface area (Å²) in [7, 11) is 0. The molecule has 0 aliphatic carbocycles. The van der Waals surface area contributed by atoms with Gasteiger partial charge >= 0.3 is 0 Å². The molecular weight excluding hydrogens is 210 g/mol. The van der Waals surface area contributed by atoms with Gasteiger partial charge in [-0.25, -0.2) is 0 Å². The minimum absolute atomic E-state index is 0.457. The number of hydrogen-bond acceptors (Lipinski definition) is 2. The summed E-state index contributed by atoms with van der Waals surface area (Å²) in [5.74, 6) is 1.47. The van der Waals surface area contributed by atoms with Crippen LogP contribution in [0.1, 0.15) is 25.5 Å². The predicted molar refractivity (Wildman–Crippen MR) is 62.5 cm³/mol. The third-order valence-electron chi connectivity index (χ3n) is 2.84. The molecule has 0 amide bonds. The summed E-state index contributed by atoms with van der Waals surface area (Å²) in [6.45, 7) is 5.94. The second kappa shape index (κ2) is 4.42. The monoisotopic (exact) mass is 225 g/mol. The van der Waals surface area contributed by atoms with Crippen LogP contribution in [0.3, 0.4) is 0 Å². The Morgan fingerprint density at radius 1 is 1.53 bits per heavy atom. The maximum atomic E-state index is 6.13. The Balaban J connectivity index is 2.17. The third kappa shape index (κ3) is 2.11. The smallest absolute Gasteiger partial charge is 0.137 e.